The minimum absolute atomic E-state index is 0.0111. The molecule has 0 saturated carbocycles. The van der Waals surface area contributed by atoms with Crippen LogP contribution in [0.15, 0.2) is 54.6 Å². The van der Waals surface area contributed by atoms with Crippen LogP contribution in [-0.4, -0.2) is 38.0 Å². The molecule has 1 aliphatic heterocycles. The first-order valence-corrected chi connectivity index (χ1v) is 10.1. The van der Waals surface area contributed by atoms with Crippen LogP contribution in [0, 0.1) is 0 Å². The molecule has 6 heteroatoms. The van der Waals surface area contributed by atoms with Gasteiger partial charge >= 0.3 is 0 Å². The highest BCUT2D eigenvalue weighted by atomic mass is 32.2. The van der Waals surface area contributed by atoms with E-state index in [0.29, 0.717) is 12.2 Å². The molecule has 5 nitrogen and oxygen atoms in total. The molecule has 2 aromatic rings. The molecule has 2 atom stereocenters. The van der Waals surface area contributed by atoms with Crippen molar-refractivity contribution in [2.24, 2.45) is 0 Å². The van der Waals surface area contributed by atoms with Crippen molar-refractivity contribution in [2.75, 3.05) is 11.5 Å². The molecule has 132 valence electrons. The average molecular weight is 359 g/mol. The number of hydrogen-bond donors (Lipinski definition) is 1. The van der Waals surface area contributed by atoms with Crippen molar-refractivity contribution in [3.05, 3.63) is 54.6 Å². The normalized spacial score (nSPS) is 20.0. The number of nitrogens with one attached hydrogen (secondary N) is 1. The maximum atomic E-state index is 12.2. The second-order valence-electron chi connectivity index (χ2n) is 6.26. The Bertz CT molecular complexity index is 831. The highest BCUT2D eigenvalue weighted by molar-refractivity contribution is 7.91. The molecule has 1 amide bonds. The van der Waals surface area contributed by atoms with Crippen molar-refractivity contribution in [3.63, 3.8) is 0 Å². The third-order valence-corrected chi connectivity index (χ3v) is 5.99. The fourth-order valence-electron chi connectivity index (χ4n) is 2.84. The zero-order valence-electron chi connectivity index (χ0n) is 14.0. The van der Waals surface area contributed by atoms with E-state index in [1.807, 2.05) is 54.6 Å². The quantitative estimate of drug-likeness (QED) is 0.890. The standard InChI is InChI=1S/C19H21NO4S/c1-14(19(21)20-17-11-12-25(22,23)13-17)24-18-9-7-16(8-10-18)15-5-3-2-4-6-15/h2-10,14,17H,11-13H2,1H3,(H,20,21). The Hall–Kier alpha value is -2.34. The number of rotatable bonds is 5. The van der Waals surface area contributed by atoms with Crippen molar-refractivity contribution in [1.82, 2.24) is 5.32 Å². The van der Waals surface area contributed by atoms with Gasteiger partial charge in [-0.2, -0.15) is 0 Å². The first-order chi connectivity index (χ1) is 11.9. The van der Waals surface area contributed by atoms with Crippen LogP contribution in [0.3, 0.4) is 0 Å². The lowest BCUT2D eigenvalue weighted by molar-refractivity contribution is -0.127. The summed E-state index contributed by atoms with van der Waals surface area (Å²) >= 11 is 0. The van der Waals surface area contributed by atoms with Gasteiger partial charge in [0.1, 0.15) is 5.75 Å². The van der Waals surface area contributed by atoms with Crippen molar-refractivity contribution in [3.8, 4) is 16.9 Å². The van der Waals surface area contributed by atoms with Gasteiger partial charge in [-0.3, -0.25) is 4.79 Å². The summed E-state index contributed by atoms with van der Waals surface area (Å²) in [6.45, 7) is 1.66. The summed E-state index contributed by atoms with van der Waals surface area (Å²) in [5, 5.41) is 2.75. The third kappa shape index (κ3) is 4.60. The van der Waals surface area contributed by atoms with Gasteiger partial charge in [-0.15, -0.1) is 0 Å². The van der Waals surface area contributed by atoms with Crippen LogP contribution in [0.4, 0.5) is 0 Å². The number of ether oxygens (including phenoxy) is 1. The zero-order chi connectivity index (χ0) is 17.9. The molecule has 3 rings (SSSR count). The Balaban J connectivity index is 1.57. The van der Waals surface area contributed by atoms with Crippen LogP contribution in [0.2, 0.25) is 0 Å². The Labute approximate surface area is 147 Å². The van der Waals surface area contributed by atoms with Gasteiger partial charge in [0, 0.05) is 6.04 Å². The summed E-state index contributed by atoms with van der Waals surface area (Å²) in [6, 6.07) is 17.2. The summed E-state index contributed by atoms with van der Waals surface area (Å²) in [7, 11) is -3.01. The van der Waals surface area contributed by atoms with Crippen LogP contribution in [0.25, 0.3) is 11.1 Å². The fourth-order valence-corrected chi connectivity index (χ4v) is 4.51. The molecule has 25 heavy (non-hydrogen) atoms. The van der Waals surface area contributed by atoms with E-state index in [0.717, 1.165) is 11.1 Å². The summed E-state index contributed by atoms with van der Waals surface area (Å²) in [5.74, 6) is 0.446. The Kier molecular flexibility index (Phi) is 5.08. The lowest BCUT2D eigenvalue weighted by atomic mass is 10.1. The summed E-state index contributed by atoms with van der Waals surface area (Å²) < 4.78 is 28.6. The van der Waals surface area contributed by atoms with Gasteiger partial charge in [0.15, 0.2) is 15.9 Å². The number of benzene rings is 2. The maximum Gasteiger partial charge on any atom is 0.261 e. The maximum absolute atomic E-state index is 12.2. The van der Waals surface area contributed by atoms with Gasteiger partial charge in [-0.1, -0.05) is 42.5 Å². The second kappa shape index (κ2) is 7.27. The van der Waals surface area contributed by atoms with Crippen molar-refractivity contribution >= 4 is 15.7 Å². The van der Waals surface area contributed by atoms with Gasteiger partial charge in [0.25, 0.3) is 5.91 Å². The topological polar surface area (TPSA) is 72.5 Å². The van der Waals surface area contributed by atoms with Crippen LogP contribution >= 0.6 is 0 Å². The minimum atomic E-state index is -3.01. The number of amides is 1. The first-order valence-electron chi connectivity index (χ1n) is 8.26. The first kappa shape index (κ1) is 17.5. The van der Waals surface area contributed by atoms with E-state index < -0.39 is 15.9 Å². The average Bonchev–Trinajstić information content (AvgIpc) is 2.95. The molecule has 0 bridgehead atoms. The van der Waals surface area contributed by atoms with Gasteiger partial charge in [-0.25, -0.2) is 8.42 Å². The van der Waals surface area contributed by atoms with Crippen LogP contribution in [0.5, 0.6) is 5.75 Å². The highest BCUT2D eigenvalue weighted by Crippen LogP contribution is 2.22. The predicted octanol–water partition coefficient (Wildman–Crippen LogP) is 2.42. The van der Waals surface area contributed by atoms with Gasteiger partial charge in [0.2, 0.25) is 0 Å². The molecule has 0 aliphatic carbocycles. The summed E-state index contributed by atoms with van der Waals surface area (Å²) in [6.07, 6.45) is -0.224. The van der Waals surface area contributed by atoms with E-state index in [-0.39, 0.29) is 23.5 Å². The monoisotopic (exact) mass is 359 g/mol. The van der Waals surface area contributed by atoms with E-state index in [1.165, 1.54) is 0 Å². The van der Waals surface area contributed by atoms with Crippen LogP contribution < -0.4 is 10.1 Å². The fraction of sp³-hybridized carbons (Fsp3) is 0.316. The lowest BCUT2D eigenvalue weighted by Gasteiger charge is -2.17. The van der Waals surface area contributed by atoms with Gasteiger partial charge in [0.05, 0.1) is 11.5 Å². The van der Waals surface area contributed by atoms with Crippen molar-refractivity contribution in [1.29, 1.82) is 0 Å². The smallest absolute Gasteiger partial charge is 0.261 e. The van der Waals surface area contributed by atoms with E-state index >= 15 is 0 Å². The number of carbonyl (C=O) groups excluding carboxylic acids is 1. The van der Waals surface area contributed by atoms with E-state index in [9.17, 15) is 13.2 Å². The number of carbonyl (C=O) groups is 1. The van der Waals surface area contributed by atoms with E-state index in [2.05, 4.69) is 5.32 Å². The van der Waals surface area contributed by atoms with Crippen molar-refractivity contribution in [2.45, 2.75) is 25.5 Å². The Morgan fingerprint density at radius 2 is 1.72 bits per heavy atom. The molecular weight excluding hydrogens is 338 g/mol. The molecule has 2 aromatic carbocycles. The molecule has 1 fully saturated rings. The molecule has 1 N–H and O–H groups in total. The molecule has 0 aromatic heterocycles. The molecule has 1 heterocycles. The largest absolute Gasteiger partial charge is 0.481 e. The molecule has 1 saturated heterocycles. The molecule has 2 unspecified atom stereocenters. The minimum Gasteiger partial charge on any atom is -0.481 e. The van der Waals surface area contributed by atoms with Gasteiger partial charge < -0.3 is 10.1 Å². The van der Waals surface area contributed by atoms with Crippen LogP contribution in [-0.2, 0) is 14.6 Å². The van der Waals surface area contributed by atoms with E-state index in [4.69, 9.17) is 4.74 Å². The Morgan fingerprint density at radius 3 is 2.32 bits per heavy atom. The molecule has 1 aliphatic rings. The van der Waals surface area contributed by atoms with E-state index in [1.54, 1.807) is 6.92 Å². The summed E-state index contributed by atoms with van der Waals surface area (Å²) in [5.41, 5.74) is 2.18. The lowest BCUT2D eigenvalue weighted by Crippen LogP contribution is -2.43. The molecule has 0 radical (unpaired) electrons. The van der Waals surface area contributed by atoms with Crippen molar-refractivity contribution < 1.29 is 17.9 Å². The molecule has 0 spiro atoms. The predicted molar refractivity (Wildman–Crippen MR) is 97.2 cm³/mol. The third-order valence-electron chi connectivity index (χ3n) is 4.22. The number of sulfone groups is 1. The second-order valence-corrected chi connectivity index (χ2v) is 8.49. The zero-order valence-corrected chi connectivity index (χ0v) is 14.8. The molecular formula is C19H21NO4S. The van der Waals surface area contributed by atoms with Crippen LogP contribution in [0.1, 0.15) is 13.3 Å². The SMILES string of the molecule is CC(Oc1ccc(-c2ccccc2)cc1)C(=O)NC1CCS(=O)(=O)C1. The summed E-state index contributed by atoms with van der Waals surface area (Å²) in [4.78, 5) is 12.2. The number of hydrogen-bond acceptors (Lipinski definition) is 4. The van der Waals surface area contributed by atoms with Gasteiger partial charge in [-0.05, 0) is 36.6 Å². The highest BCUT2D eigenvalue weighted by Gasteiger charge is 2.30. The Morgan fingerprint density at radius 1 is 1.08 bits per heavy atom.